The van der Waals surface area contributed by atoms with E-state index >= 15 is 0 Å². The highest BCUT2D eigenvalue weighted by atomic mass is 16.2. The van der Waals surface area contributed by atoms with Crippen molar-refractivity contribution in [2.45, 2.75) is 26.3 Å². The minimum absolute atomic E-state index is 0.0711. The summed E-state index contributed by atoms with van der Waals surface area (Å²) in [4.78, 5) is 41.0. The highest BCUT2D eigenvalue weighted by Crippen LogP contribution is 2.23. The molecule has 0 N–H and O–H groups in total. The molecule has 0 radical (unpaired) electrons. The topological polar surface area (TPSA) is 85.4 Å². The number of nitrogens with zero attached hydrogens (tertiary/aromatic N) is 6. The van der Waals surface area contributed by atoms with Crippen LogP contribution in [0.1, 0.15) is 24.1 Å². The second-order valence-corrected chi connectivity index (χ2v) is 7.63. The molecule has 1 atom stereocenters. The molecular formula is C19H28N6O3. The van der Waals surface area contributed by atoms with Gasteiger partial charge in [0.25, 0.3) is 5.56 Å². The van der Waals surface area contributed by atoms with E-state index in [2.05, 4.69) is 5.10 Å². The third kappa shape index (κ3) is 3.74. The van der Waals surface area contributed by atoms with Gasteiger partial charge in [-0.3, -0.25) is 23.4 Å². The zero-order valence-electron chi connectivity index (χ0n) is 17.2. The summed E-state index contributed by atoms with van der Waals surface area (Å²) >= 11 is 0. The lowest BCUT2D eigenvalue weighted by Gasteiger charge is -2.35. The summed E-state index contributed by atoms with van der Waals surface area (Å²) in [5.41, 5.74) is 1.25. The monoisotopic (exact) mass is 388 g/mol. The number of piperidine rings is 1. The van der Waals surface area contributed by atoms with E-state index in [4.69, 9.17) is 0 Å². The predicted molar refractivity (Wildman–Crippen MR) is 106 cm³/mol. The summed E-state index contributed by atoms with van der Waals surface area (Å²) in [6.45, 7) is 3.66. The van der Waals surface area contributed by atoms with E-state index in [1.807, 2.05) is 32.1 Å². The fourth-order valence-corrected chi connectivity index (χ4v) is 3.86. The quantitative estimate of drug-likeness (QED) is 0.736. The lowest BCUT2D eigenvalue weighted by Crippen LogP contribution is -2.46. The molecule has 9 heteroatoms. The van der Waals surface area contributed by atoms with Gasteiger partial charge in [0, 0.05) is 65.7 Å². The summed E-state index contributed by atoms with van der Waals surface area (Å²) in [5.74, 6) is 0.466. The third-order valence-corrected chi connectivity index (χ3v) is 5.49. The van der Waals surface area contributed by atoms with Crippen molar-refractivity contribution in [2.75, 3.05) is 25.0 Å². The Morgan fingerprint density at radius 2 is 1.96 bits per heavy atom. The smallest absolute Gasteiger partial charge is 0.332 e. The molecule has 2 aromatic heterocycles. The summed E-state index contributed by atoms with van der Waals surface area (Å²) < 4.78 is 4.30. The van der Waals surface area contributed by atoms with Crippen molar-refractivity contribution < 1.29 is 4.79 Å². The maximum atomic E-state index is 13.0. The van der Waals surface area contributed by atoms with Gasteiger partial charge in [0.2, 0.25) is 5.91 Å². The largest absolute Gasteiger partial charge is 0.357 e. The number of aryl methyl sites for hydroxylation is 2. The highest BCUT2D eigenvalue weighted by Gasteiger charge is 2.29. The minimum atomic E-state index is -0.361. The molecule has 9 nitrogen and oxygen atoms in total. The Kier molecular flexibility index (Phi) is 5.44. The van der Waals surface area contributed by atoms with Crippen molar-refractivity contribution in [1.82, 2.24) is 23.8 Å². The third-order valence-electron chi connectivity index (χ3n) is 5.49. The van der Waals surface area contributed by atoms with Gasteiger partial charge in [-0.25, -0.2) is 4.79 Å². The van der Waals surface area contributed by atoms with Crippen LogP contribution in [0, 0.1) is 12.8 Å². The van der Waals surface area contributed by atoms with Crippen LogP contribution in [0.2, 0.25) is 0 Å². The molecule has 0 spiro atoms. The van der Waals surface area contributed by atoms with Gasteiger partial charge in [-0.15, -0.1) is 0 Å². The molecule has 2 aromatic rings. The van der Waals surface area contributed by atoms with Crippen LogP contribution in [0.15, 0.2) is 21.9 Å². The second-order valence-electron chi connectivity index (χ2n) is 7.63. The fourth-order valence-electron chi connectivity index (χ4n) is 3.86. The first-order valence-electron chi connectivity index (χ1n) is 9.45. The zero-order chi connectivity index (χ0) is 20.6. The van der Waals surface area contributed by atoms with Crippen molar-refractivity contribution in [2.24, 2.45) is 27.1 Å². The molecule has 0 bridgehead atoms. The molecule has 28 heavy (non-hydrogen) atoms. The van der Waals surface area contributed by atoms with Gasteiger partial charge in [-0.1, -0.05) is 0 Å². The van der Waals surface area contributed by atoms with Gasteiger partial charge < -0.3 is 9.80 Å². The van der Waals surface area contributed by atoms with Crippen molar-refractivity contribution in [1.29, 1.82) is 0 Å². The predicted octanol–water partition coefficient (Wildman–Crippen LogP) is 0.000920. The van der Waals surface area contributed by atoms with Crippen LogP contribution in [-0.2, 0) is 32.5 Å². The zero-order valence-corrected chi connectivity index (χ0v) is 17.2. The second kappa shape index (κ2) is 7.65. The van der Waals surface area contributed by atoms with E-state index in [1.54, 1.807) is 16.6 Å². The Bertz CT molecular complexity index is 1000. The van der Waals surface area contributed by atoms with Crippen molar-refractivity contribution in [3.63, 3.8) is 0 Å². The van der Waals surface area contributed by atoms with Crippen LogP contribution in [0.25, 0.3) is 0 Å². The lowest BCUT2D eigenvalue weighted by molar-refractivity contribution is -0.135. The standard InChI is InChI=1S/C19H28N6O3/c1-13-15(11-22(3)20-13)10-21(2)18(27)14-7-6-8-25(12-14)16-9-17(26)24(5)19(28)23(16)4/h9,11,14H,6-8,10,12H2,1-5H3. The van der Waals surface area contributed by atoms with Crippen LogP contribution >= 0.6 is 0 Å². The average Bonchev–Trinajstić information content (AvgIpc) is 2.99. The van der Waals surface area contributed by atoms with Gasteiger partial charge >= 0.3 is 5.69 Å². The van der Waals surface area contributed by atoms with E-state index in [0.29, 0.717) is 18.9 Å². The Morgan fingerprint density at radius 3 is 2.61 bits per heavy atom. The first-order valence-corrected chi connectivity index (χ1v) is 9.45. The van der Waals surface area contributed by atoms with Crippen molar-refractivity contribution in [3.05, 3.63) is 44.4 Å². The average molecular weight is 388 g/mol. The number of carbonyl (C=O) groups excluding carboxylic acids is 1. The molecule has 3 heterocycles. The Hall–Kier alpha value is -2.84. The molecular weight excluding hydrogens is 360 g/mol. The van der Waals surface area contributed by atoms with Crippen LogP contribution in [-0.4, -0.2) is 49.9 Å². The number of aromatic nitrogens is 4. The number of amides is 1. The van der Waals surface area contributed by atoms with E-state index < -0.39 is 0 Å². The molecule has 1 aliphatic heterocycles. The number of anilines is 1. The van der Waals surface area contributed by atoms with Gasteiger partial charge in [-0.2, -0.15) is 5.10 Å². The maximum absolute atomic E-state index is 13.0. The van der Waals surface area contributed by atoms with Crippen molar-refractivity contribution in [3.8, 4) is 0 Å². The molecule has 0 saturated carbocycles. The molecule has 3 rings (SSSR count). The van der Waals surface area contributed by atoms with Gasteiger partial charge in [0.15, 0.2) is 0 Å². The molecule has 152 valence electrons. The number of hydrogen-bond donors (Lipinski definition) is 0. The summed E-state index contributed by atoms with van der Waals surface area (Å²) in [7, 11) is 6.79. The minimum Gasteiger partial charge on any atom is -0.357 e. The Balaban J connectivity index is 1.76. The Labute approximate surface area is 163 Å². The van der Waals surface area contributed by atoms with E-state index in [1.165, 1.54) is 17.7 Å². The van der Waals surface area contributed by atoms with Crippen LogP contribution in [0.3, 0.4) is 0 Å². The van der Waals surface area contributed by atoms with Crippen LogP contribution in [0.5, 0.6) is 0 Å². The summed E-state index contributed by atoms with van der Waals surface area (Å²) in [5, 5.41) is 4.33. The summed E-state index contributed by atoms with van der Waals surface area (Å²) in [6.07, 6.45) is 3.56. The van der Waals surface area contributed by atoms with Crippen LogP contribution < -0.4 is 16.1 Å². The van der Waals surface area contributed by atoms with Gasteiger partial charge in [0.05, 0.1) is 11.6 Å². The first-order chi connectivity index (χ1) is 13.2. The maximum Gasteiger partial charge on any atom is 0.332 e. The number of carbonyl (C=O) groups is 1. The summed E-state index contributed by atoms with van der Waals surface area (Å²) in [6, 6.07) is 1.47. The fraction of sp³-hybridized carbons (Fsp3) is 0.579. The first kappa shape index (κ1) is 19.9. The van der Waals surface area contributed by atoms with Crippen LogP contribution in [0.4, 0.5) is 5.82 Å². The molecule has 1 fully saturated rings. The van der Waals surface area contributed by atoms with E-state index in [-0.39, 0.29) is 23.1 Å². The SMILES string of the molecule is Cc1nn(C)cc1CN(C)C(=O)C1CCCN(c2cc(=O)n(C)c(=O)n2C)C1. The highest BCUT2D eigenvalue weighted by molar-refractivity contribution is 5.79. The number of rotatable bonds is 4. The molecule has 0 aliphatic carbocycles. The molecule has 1 saturated heterocycles. The molecule has 1 unspecified atom stereocenters. The van der Waals surface area contributed by atoms with Crippen molar-refractivity contribution >= 4 is 11.7 Å². The van der Waals surface area contributed by atoms with E-state index in [0.717, 1.165) is 35.2 Å². The van der Waals surface area contributed by atoms with Gasteiger partial charge in [-0.05, 0) is 19.8 Å². The molecule has 1 amide bonds. The Morgan fingerprint density at radius 1 is 1.25 bits per heavy atom. The number of hydrogen-bond acceptors (Lipinski definition) is 5. The lowest BCUT2D eigenvalue weighted by atomic mass is 9.96. The molecule has 0 aromatic carbocycles. The van der Waals surface area contributed by atoms with E-state index in [9.17, 15) is 14.4 Å². The molecule has 1 aliphatic rings. The van der Waals surface area contributed by atoms with Gasteiger partial charge in [0.1, 0.15) is 5.82 Å². The normalized spacial score (nSPS) is 17.0.